The molecule has 35 heavy (non-hydrogen) atoms. The maximum Gasteiger partial charge on any atom is 0.290 e. The molecule has 3 aromatic rings. The molecule has 2 aliphatic rings. The summed E-state index contributed by atoms with van der Waals surface area (Å²) in [7, 11) is 1.53. The van der Waals surface area contributed by atoms with Crippen molar-refractivity contribution in [2.75, 3.05) is 46.5 Å². The predicted octanol–water partition coefficient (Wildman–Crippen LogP) is 4.11. The molecule has 3 heterocycles. The maximum absolute atomic E-state index is 13.7. The Morgan fingerprint density at radius 1 is 1.14 bits per heavy atom. The van der Waals surface area contributed by atoms with Gasteiger partial charge in [0.25, 0.3) is 5.91 Å². The number of amides is 1. The molecule has 1 aromatic heterocycles. The molecule has 0 saturated carbocycles. The first-order valence-corrected chi connectivity index (χ1v) is 12.2. The second kappa shape index (κ2) is 9.85. The van der Waals surface area contributed by atoms with Crippen molar-refractivity contribution in [1.29, 1.82) is 0 Å². The zero-order valence-electron chi connectivity index (χ0n) is 19.2. The smallest absolute Gasteiger partial charge is 0.290 e. The van der Waals surface area contributed by atoms with E-state index in [1.807, 2.05) is 30.3 Å². The highest BCUT2D eigenvalue weighted by Crippen LogP contribution is 2.40. The van der Waals surface area contributed by atoms with E-state index in [9.17, 15) is 14.7 Å². The summed E-state index contributed by atoms with van der Waals surface area (Å²) >= 11 is 3.44. The van der Waals surface area contributed by atoms with Crippen molar-refractivity contribution in [2.24, 2.45) is 0 Å². The first kappa shape index (κ1) is 23.6. The molecule has 5 rings (SSSR count). The van der Waals surface area contributed by atoms with Crippen LogP contribution in [-0.4, -0.2) is 73.1 Å². The van der Waals surface area contributed by atoms with E-state index >= 15 is 0 Å². The number of carbonyl (C=O) groups excluding carboxylic acids is 2. The lowest BCUT2D eigenvalue weighted by molar-refractivity contribution is -0.129. The van der Waals surface area contributed by atoms with E-state index in [2.05, 4.69) is 20.8 Å². The Kier molecular flexibility index (Phi) is 6.64. The number of aliphatic hydroxyl groups excluding tert-OH is 1. The number of para-hydroxylation sites is 1. The molecule has 8 nitrogen and oxygen atoms in total. The van der Waals surface area contributed by atoms with E-state index in [1.165, 1.54) is 7.11 Å². The summed E-state index contributed by atoms with van der Waals surface area (Å²) in [6, 6.07) is 13.6. The average Bonchev–Trinajstić information content (AvgIpc) is 3.43. The molecule has 182 valence electrons. The molecule has 0 radical (unpaired) electrons. The molecule has 1 saturated heterocycles. The number of halogens is 1. The van der Waals surface area contributed by atoms with E-state index in [4.69, 9.17) is 13.9 Å². The predicted molar refractivity (Wildman–Crippen MR) is 133 cm³/mol. The van der Waals surface area contributed by atoms with Gasteiger partial charge >= 0.3 is 0 Å². The van der Waals surface area contributed by atoms with Crippen LogP contribution in [0.15, 0.2) is 68.8 Å². The van der Waals surface area contributed by atoms with Crippen molar-refractivity contribution < 1.29 is 28.6 Å². The minimum Gasteiger partial charge on any atom is -0.503 e. The van der Waals surface area contributed by atoms with Gasteiger partial charge in [0.05, 0.1) is 31.9 Å². The van der Waals surface area contributed by atoms with Gasteiger partial charge in [-0.25, -0.2) is 0 Å². The van der Waals surface area contributed by atoms with Gasteiger partial charge in [-0.15, -0.1) is 0 Å². The van der Waals surface area contributed by atoms with Gasteiger partial charge in [-0.2, -0.15) is 0 Å². The fourth-order valence-corrected chi connectivity index (χ4v) is 4.89. The monoisotopic (exact) mass is 540 g/mol. The summed E-state index contributed by atoms with van der Waals surface area (Å²) in [6.07, 6.45) is 0. The van der Waals surface area contributed by atoms with Crippen molar-refractivity contribution >= 4 is 38.6 Å². The molecular formula is C26H25BrN2O6. The zero-order valence-corrected chi connectivity index (χ0v) is 20.8. The first-order chi connectivity index (χ1) is 17.0. The quantitative estimate of drug-likeness (QED) is 0.450. The standard InChI is InChI=1S/C26H25BrN2O6/c1-33-19-4-2-3-17-15-20(35-25(17)19)23(30)21-22(16-5-7-18(27)8-6-16)29(26(32)24(21)31)10-9-28-11-13-34-14-12-28/h2-8,15,22,31H,9-14H2,1H3/t22-/m1/s1. The number of nitrogens with zero attached hydrogens (tertiary/aromatic N) is 2. The minimum atomic E-state index is -0.737. The number of morpholine rings is 1. The number of ketones is 1. The van der Waals surface area contributed by atoms with Gasteiger partial charge in [-0.1, -0.05) is 40.2 Å². The molecule has 1 fully saturated rings. The van der Waals surface area contributed by atoms with Gasteiger partial charge < -0.3 is 23.9 Å². The summed E-state index contributed by atoms with van der Waals surface area (Å²) < 4.78 is 17.5. The third-order valence-electron chi connectivity index (χ3n) is 6.45. The number of furan rings is 1. The Hall–Kier alpha value is -3.14. The Bertz CT molecular complexity index is 1290. The summed E-state index contributed by atoms with van der Waals surface area (Å²) in [5.74, 6) is -1.11. The molecule has 2 aliphatic heterocycles. The SMILES string of the molecule is COc1cccc2cc(C(=O)C3=C(O)C(=O)N(CCN4CCOCC4)[C@@H]3c3ccc(Br)cc3)oc12. The number of aliphatic hydroxyl groups is 1. The summed E-state index contributed by atoms with van der Waals surface area (Å²) in [4.78, 5) is 30.7. The molecule has 1 amide bonds. The summed E-state index contributed by atoms with van der Waals surface area (Å²) in [5, 5.41) is 11.6. The molecule has 2 aromatic carbocycles. The number of carbonyl (C=O) groups is 2. The molecule has 1 N–H and O–H groups in total. The summed E-state index contributed by atoms with van der Waals surface area (Å²) in [5.41, 5.74) is 1.18. The molecular weight excluding hydrogens is 516 g/mol. The lowest BCUT2D eigenvalue weighted by Gasteiger charge is -2.31. The van der Waals surface area contributed by atoms with Crippen LogP contribution in [0.1, 0.15) is 22.2 Å². The number of ether oxygens (including phenoxy) is 2. The van der Waals surface area contributed by atoms with Crippen molar-refractivity contribution in [1.82, 2.24) is 9.80 Å². The normalized spacial score (nSPS) is 19.1. The van der Waals surface area contributed by atoms with Crippen LogP contribution in [-0.2, 0) is 9.53 Å². The lowest BCUT2D eigenvalue weighted by Crippen LogP contribution is -2.43. The van der Waals surface area contributed by atoms with Crippen molar-refractivity contribution in [2.45, 2.75) is 6.04 Å². The Balaban J connectivity index is 1.51. The number of hydrogen-bond donors (Lipinski definition) is 1. The van der Waals surface area contributed by atoms with Crippen LogP contribution in [0.25, 0.3) is 11.0 Å². The second-order valence-corrected chi connectivity index (χ2v) is 9.40. The molecule has 9 heteroatoms. The molecule has 0 aliphatic carbocycles. The van der Waals surface area contributed by atoms with Crippen LogP contribution in [0.5, 0.6) is 5.75 Å². The van der Waals surface area contributed by atoms with E-state index < -0.39 is 23.5 Å². The largest absolute Gasteiger partial charge is 0.503 e. The Morgan fingerprint density at radius 2 is 1.89 bits per heavy atom. The van der Waals surface area contributed by atoms with Gasteiger partial charge in [0.15, 0.2) is 22.9 Å². The third-order valence-corrected chi connectivity index (χ3v) is 6.98. The van der Waals surface area contributed by atoms with Crippen LogP contribution in [0.4, 0.5) is 0 Å². The van der Waals surface area contributed by atoms with Crippen LogP contribution in [0, 0.1) is 0 Å². The van der Waals surface area contributed by atoms with Gasteiger partial charge in [0, 0.05) is 36.0 Å². The fraction of sp³-hybridized carbons (Fsp3) is 0.308. The second-order valence-electron chi connectivity index (χ2n) is 8.49. The topological polar surface area (TPSA) is 92.5 Å². The van der Waals surface area contributed by atoms with Crippen molar-refractivity contribution in [3.63, 3.8) is 0 Å². The number of hydrogen-bond acceptors (Lipinski definition) is 7. The lowest BCUT2D eigenvalue weighted by atomic mass is 9.95. The number of benzene rings is 2. The van der Waals surface area contributed by atoms with Crippen molar-refractivity contribution in [3.8, 4) is 5.75 Å². The molecule has 0 bridgehead atoms. The van der Waals surface area contributed by atoms with E-state index in [1.54, 1.807) is 23.1 Å². The highest BCUT2D eigenvalue weighted by molar-refractivity contribution is 9.10. The summed E-state index contributed by atoms with van der Waals surface area (Å²) in [6.45, 7) is 3.81. The highest BCUT2D eigenvalue weighted by Gasteiger charge is 2.44. The molecule has 0 spiro atoms. The number of rotatable bonds is 7. The molecule has 1 atom stereocenters. The fourth-order valence-electron chi connectivity index (χ4n) is 4.62. The minimum absolute atomic E-state index is 0.0114. The van der Waals surface area contributed by atoms with Crippen LogP contribution in [0.2, 0.25) is 0 Å². The maximum atomic E-state index is 13.7. The number of methoxy groups -OCH3 is 1. The first-order valence-electron chi connectivity index (χ1n) is 11.4. The van der Waals surface area contributed by atoms with Gasteiger partial charge in [0.2, 0.25) is 5.78 Å². The number of fused-ring (bicyclic) bond motifs is 1. The van der Waals surface area contributed by atoms with E-state index in [-0.39, 0.29) is 11.3 Å². The Morgan fingerprint density at radius 3 is 2.60 bits per heavy atom. The van der Waals surface area contributed by atoms with Gasteiger partial charge in [-0.05, 0) is 29.8 Å². The third kappa shape index (κ3) is 4.47. The van der Waals surface area contributed by atoms with Crippen LogP contribution >= 0.6 is 15.9 Å². The van der Waals surface area contributed by atoms with E-state index in [0.29, 0.717) is 43.0 Å². The van der Waals surface area contributed by atoms with Crippen LogP contribution < -0.4 is 4.74 Å². The van der Waals surface area contributed by atoms with E-state index in [0.717, 1.165) is 23.1 Å². The molecule has 0 unspecified atom stereocenters. The van der Waals surface area contributed by atoms with Gasteiger partial charge in [0.1, 0.15) is 0 Å². The Labute approximate surface area is 210 Å². The zero-order chi connectivity index (χ0) is 24.5. The van der Waals surface area contributed by atoms with Crippen LogP contribution in [0.3, 0.4) is 0 Å². The number of Topliss-reactive ketones (excluding diaryl/α,β-unsaturated/α-hetero) is 1. The highest BCUT2D eigenvalue weighted by atomic mass is 79.9. The van der Waals surface area contributed by atoms with Crippen molar-refractivity contribution in [3.05, 3.63) is 75.7 Å². The average molecular weight is 541 g/mol. The van der Waals surface area contributed by atoms with Gasteiger partial charge in [-0.3, -0.25) is 14.5 Å².